The molecule has 0 unspecified atom stereocenters. The Balaban J connectivity index is 1.95. The van der Waals surface area contributed by atoms with Crippen molar-refractivity contribution in [1.82, 2.24) is 15.2 Å². The van der Waals surface area contributed by atoms with Gasteiger partial charge in [-0.1, -0.05) is 12.1 Å². The van der Waals surface area contributed by atoms with Gasteiger partial charge < -0.3 is 4.74 Å². The van der Waals surface area contributed by atoms with Crippen LogP contribution in [-0.4, -0.2) is 33.9 Å². The van der Waals surface area contributed by atoms with Crippen LogP contribution in [0.15, 0.2) is 58.4 Å². The molecule has 0 aliphatic carbocycles. The van der Waals surface area contributed by atoms with E-state index in [1.54, 1.807) is 24.3 Å². The van der Waals surface area contributed by atoms with E-state index in [2.05, 4.69) is 15.6 Å². The summed E-state index contributed by atoms with van der Waals surface area (Å²) in [7, 11) is 1.42. The number of carbonyl (C=O) groups excluding carboxylic acids is 1. The molecule has 0 saturated heterocycles. The van der Waals surface area contributed by atoms with Crippen molar-refractivity contribution in [3.05, 3.63) is 91.4 Å². The molecular formula is C21H16N6O5. The number of hydrazone groups is 1. The van der Waals surface area contributed by atoms with Gasteiger partial charge in [-0.2, -0.15) is 20.1 Å². The van der Waals surface area contributed by atoms with Gasteiger partial charge in [-0.15, -0.1) is 0 Å². The van der Waals surface area contributed by atoms with Gasteiger partial charge in [-0.25, -0.2) is 5.43 Å². The minimum atomic E-state index is -0.749. The smallest absolute Gasteiger partial charge is 0.292 e. The van der Waals surface area contributed by atoms with Gasteiger partial charge in [-0.05, 0) is 36.8 Å². The quantitative estimate of drug-likeness (QED) is 0.355. The second-order valence-electron chi connectivity index (χ2n) is 6.40. The maximum Gasteiger partial charge on any atom is 0.292 e. The molecule has 1 heterocycles. The van der Waals surface area contributed by atoms with Gasteiger partial charge in [0.05, 0.1) is 18.2 Å². The summed E-state index contributed by atoms with van der Waals surface area (Å²) in [5.74, 6) is -0.418. The Morgan fingerprint density at radius 2 is 1.97 bits per heavy atom. The summed E-state index contributed by atoms with van der Waals surface area (Å²) in [5.41, 5.74) is 1.98. The molecule has 0 fully saturated rings. The Labute approximate surface area is 181 Å². The van der Waals surface area contributed by atoms with Crippen LogP contribution >= 0.6 is 0 Å². The SMILES string of the molecule is COc1ccccc1-n1nc(C(=O)N/N=C/c2ccc([N+](=O)[O-])cc2)c(C)c(C#N)c1=O. The molecule has 3 aromatic rings. The Bertz CT molecular complexity index is 1320. The Morgan fingerprint density at radius 3 is 2.59 bits per heavy atom. The fraction of sp³-hybridized carbons (Fsp3) is 0.0952. The number of rotatable bonds is 6. The highest BCUT2D eigenvalue weighted by Gasteiger charge is 2.21. The molecule has 0 aliphatic rings. The second-order valence-corrected chi connectivity index (χ2v) is 6.40. The molecular weight excluding hydrogens is 416 g/mol. The zero-order chi connectivity index (χ0) is 23.3. The predicted molar refractivity (Wildman–Crippen MR) is 114 cm³/mol. The summed E-state index contributed by atoms with van der Waals surface area (Å²) in [6.07, 6.45) is 1.29. The lowest BCUT2D eigenvalue weighted by molar-refractivity contribution is -0.384. The molecule has 0 aliphatic heterocycles. The molecule has 0 saturated carbocycles. The van der Waals surface area contributed by atoms with E-state index in [0.29, 0.717) is 11.3 Å². The zero-order valence-corrected chi connectivity index (χ0v) is 17.0. The topological polar surface area (TPSA) is 153 Å². The van der Waals surface area contributed by atoms with E-state index in [4.69, 9.17) is 4.74 Å². The molecule has 0 bridgehead atoms. The van der Waals surface area contributed by atoms with Crippen molar-refractivity contribution in [2.75, 3.05) is 7.11 Å². The number of nitro benzene ring substituents is 1. The molecule has 1 amide bonds. The first kappa shape index (κ1) is 21.8. The number of amides is 1. The highest BCUT2D eigenvalue weighted by atomic mass is 16.6. The number of hydrogen-bond acceptors (Lipinski definition) is 8. The maximum absolute atomic E-state index is 12.8. The number of nitrogens with zero attached hydrogens (tertiary/aromatic N) is 5. The Morgan fingerprint density at radius 1 is 1.28 bits per heavy atom. The maximum atomic E-state index is 12.8. The van der Waals surface area contributed by atoms with Crippen LogP contribution in [0.25, 0.3) is 5.69 Å². The molecule has 160 valence electrons. The summed E-state index contributed by atoms with van der Waals surface area (Å²) in [4.78, 5) is 35.6. The van der Waals surface area contributed by atoms with Gasteiger partial charge in [0.25, 0.3) is 17.2 Å². The van der Waals surface area contributed by atoms with Gasteiger partial charge in [0, 0.05) is 17.7 Å². The number of para-hydroxylation sites is 2. The molecule has 1 N–H and O–H groups in total. The highest BCUT2D eigenvalue weighted by molar-refractivity contribution is 5.94. The van der Waals surface area contributed by atoms with Crippen molar-refractivity contribution in [2.24, 2.45) is 5.10 Å². The summed E-state index contributed by atoms with van der Waals surface area (Å²) < 4.78 is 6.18. The van der Waals surface area contributed by atoms with Crippen molar-refractivity contribution < 1.29 is 14.5 Å². The Kier molecular flexibility index (Phi) is 6.36. The van der Waals surface area contributed by atoms with Gasteiger partial charge >= 0.3 is 0 Å². The summed E-state index contributed by atoms with van der Waals surface area (Å²) >= 11 is 0. The number of nitro groups is 1. The summed E-state index contributed by atoms with van der Waals surface area (Å²) in [5, 5.41) is 28.1. The molecule has 0 radical (unpaired) electrons. The molecule has 0 spiro atoms. The predicted octanol–water partition coefficient (Wildman–Crippen LogP) is 2.09. The minimum absolute atomic E-state index is 0.0753. The van der Waals surface area contributed by atoms with Crippen LogP contribution in [0, 0.1) is 28.4 Å². The Hall–Kier alpha value is -4.85. The lowest BCUT2D eigenvalue weighted by Gasteiger charge is -2.13. The molecule has 3 rings (SSSR count). The molecule has 11 heteroatoms. The van der Waals surface area contributed by atoms with Crippen molar-refractivity contribution in [3.63, 3.8) is 0 Å². The standard InChI is InChI=1S/C21H16N6O5/c1-13-16(11-22)21(29)26(17-5-3-4-6-18(17)32-2)25-19(13)20(28)24-23-12-14-7-9-15(10-8-14)27(30)31/h3-10,12H,1-2H3,(H,24,28)/b23-12+. The lowest BCUT2D eigenvalue weighted by Crippen LogP contribution is -2.31. The van der Waals surface area contributed by atoms with Gasteiger partial charge in [0.1, 0.15) is 23.1 Å². The molecule has 2 aromatic carbocycles. The van der Waals surface area contributed by atoms with Crippen molar-refractivity contribution in [3.8, 4) is 17.5 Å². The summed E-state index contributed by atoms with van der Waals surface area (Å²) in [6, 6.07) is 13.9. The van der Waals surface area contributed by atoms with E-state index in [9.17, 15) is 25.0 Å². The number of hydrogen-bond donors (Lipinski definition) is 1. The van der Waals surface area contributed by atoms with Crippen molar-refractivity contribution in [2.45, 2.75) is 6.92 Å². The zero-order valence-electron chi connectivity index (χ0n) is 17.0. The number of aromatic nitrogens is 2. The third-order valence-corrected chi connectivity index (χ3v) is 4.46. The lowest BCUT2D eigenvalue weighted by atomic mass is 10.1. The number of ether oxygens (including phenoxy) is 1. The van der Waals surface area contributed by atoms with Crippen LogP contribution in [0.5, 0.6) is 5.75 Å². The third-order valence-electron chi connectivity index (χ3n) is 4.46. The normalized spacial score (nSPS) is 10.5. The van der Waals surface area contributed by atoms with E-state index >= 15 is 0 Å². The molecule has 32 heavy (non-hydrogen) atoms. The number of nitriles is 1. The van der Waals surface area contributed by atoms with Crippen LogP contribution in [0.3, 0.4) is 0 Å². The number of benzene rings is 2. The van der Waals surface area contributed by atoms with Crippen LogP contribution in [0.2, 0.25) is 0 Å². The first-order valence-electron chi connectivity index (χ1n) is 9.12. The van der Waals surface area contributed by atoms with Crippen LogP contribution in [-0.2, 0) is 0 Å². The van der Waals surface area contributed by atoms with Gasteiger partial charge in [-0.3, -0.25) is 19.7 Å². The number of methoxy groups -OCH3 is 1. The fourth-order valence-corrected chi connectivity index (χ4v) is 2.82. The van der Waals surface area contributed by atoms with Crippen molar-refractivity contribution >= 4 is 17.8 Å². The molecule has 0 atom stereocenters. The molecule has 11 nitrogen and oxygen atoms in total. The van der Waals surface area contributed by atoms with E-state index in [1.807, 2.05) is 6.07 Å². The number of carbonyl (C=O) groups is 1. The average Bonchev–Trinajstić information content (AvgIpc) is 2.80. The van der Waals surface area contributed by atoms with Gasteiger partial charge in [0.2, 0.25) is 0 Å². The van der Waals surface area contributed by atoms with E-state index < -0.39 is 16.4 Å². The van der Waals surface area contributed by atoms with Crippen molar-refractivity contribution in [1.29, 1.82) is 5.26 Å². The number of non-ortho nitro benzene ring substituents is 1. The summed E-state index contributed by atoms with van der Waals surface area (Å²) in [6.45, 7) is 1.44. The molecule has 1 aromatic heterocycles. The van der Waals surface area contributed by atoms with Crippen LogP contribution in [0.1, 0.15) is 27.2 Å². The number of nitrogens with one attached hydrogen (secondary N) is 1. The first-order chi connectivity index (χ1) is 15.4. The largest absolute Gasteiger partial charge is 0.494 e. The average molecular weight is 432 g/mol. The third kappa shape index (κ3) is 4.34. The first-order valence-corrected chi connectivity index (χ1v) is 9.12. The van der Waals surface area contributed by atoms with E-state index in [-0.39, 0.29) is 28.2 Å². The van der Waals surface area contributed by atoms with Crippen LogP contribution in [0.4, 0.5) is 5.69 Å². The second kappa shape index (κ2) is 9.31. The van der Waals surface area contributed by atoms with Gasteiger partial charge in [0.15, 0.2) is 5.69 Å². The van der Waals surface area contributed by atoms with Crippen LogP contribution < -0.4 is 15.7 Å². The minimum Gasteiger partial charge on any atom is -0.494 e. The highest BCUT2D eigenvalue weighted by Crippen LogP contribution is 2.21. The van der Waals surface area contributed by atoms with E-state index in [0.717, 1.165) is 4.68 Å². The van der Waals surface area contributed by atoms with E-state index in [1.165, 1.54) is 44.5 Å². The monoisotopic (exact) mass is 432 g/mol. The fourth-order valence-electron chi connectivity index (χ4n) is 2.82.